The van der Waals surface area contributed by atoms with Gasteiger partial charge in [-0.25, -0.2) is 4.79 Å². The van der Waals surface area contributed by atoms with Crippen molar-refractivity contribution in [3.8, 4) is 0 Å². The number of halogens is 3. The molecule has 1 atom stereocenters. The summed E-state index contributed by atoms with van der Waals surface area (Å²) < 4.78 is 39.5. The number of aliphatic carboxylic acids is 1. The first kappa shape index (κ1) is 22.7. The zero-order valence-electron chi connectivity index (χ0n) is 16.9. The lowest BCUT2D eigenvalue weighted by Crippen LogP contribution is -2.43. The molecule has 3 heterocycles. The van der Waals surface area contributed by atoms with Gasteiger partial charge in [0.15, 0.2) is 0 Å². The molecule has 0 bridgehead atoms. The van der Waals surface area contributed by atoms with Crippen molar-refractivity contribution in [1.82, 2.24) is 19.7 Å². The Bertz CT molecular complexity index is 913. The molecule has 2 aromatic rings. The Morgan fingerprint density at radius 3 is 2.55 bits per heavy atom. The molecule has 168 valence electrons. The Balaban J connectivity index is 0.000000339. The van der Waals surface area contributed by atoms with E-state index in [1.807, 2.05) is 35.0 Å². The third-order valence-electron chi connectivity index (χ3n) is 5.09. The van der Waals surface area contributed by atoms with E-state index in [0.717, 1.165) is 18.7 Å². The van der Waals surface area contributed by atoms with Crippen molar-refractivity contribution in [3.63, 3.8) is 0 Å². The van der Waals surface area contributed by atoms with Crippen molar-refractivity contribution >= 4 is 11.9 Å². The SMILES string of the molecule is Cn1ncc2c1C(COCC1CC1)N(C(=O)c1ccccn1)CC2.O=C(O)C(F)(F)F. The molecule has 1 aliphatic carbocycles. The zero-order chi connectivity index (χ0) is 22.6. The van der Waals surface area contributed by atoms with Crippen LogP contribution in [0.3, 0.4) is 0 Å². The number of fused-ring (bicyclic) bond motifs is 1. The third kappa shape index (κ3) is 5.81. The number of amides is 1. The van der Waals surface area contributed by atoms with Crippen LogP contribution in [-0.4, -0.2) is 62.6 Å². The van der Waals surface area contributed by atoms with Crippen LogP contribution in [0.25, 0.3) is 0 Å². The van der Waals surface area contributed by atoms with Gasteiger partial charge in [0.05, 0.1) is 24.5 Å². The summed E-state index contributed by atoms with van der Waals surface area (Å²) in [4.78, 5) is 27.9. The van der Waals surface area contributed by atoms with E-state index in [0.29, 0.717) is 24.8 Å². The molecule has 0 saturated heterocycles. The maximum Gasteiger partial charge on any atom is 0.490 e. The number of carboxylic acid groups (broad SMARTS) is 1. The molecule has 2 aromatic heterocycles. The molecule has 2 aliphatic rings. The number of pyridine rings is 1. The number of aromatic nitrogens is 3. The van der Waals surface area contributed by atoms with Gasteiger partial charge in [0.25, 0.3) is 5.91 Å². The molecule has 1 aliphatic heterocycles. The normalized spacial score (nSPS) is 18.1. The predicted molar refractivity (Wildman–Crippen MR) is 102 cm³/mol. The van der Waals surface area contributed by atoms with Crippen molar-refractivity contribution in [2.24, 2.45) is 13.0 Å². The molecule has 1 amide bonds. The summed E-state index contributed by atoms with van der Waals surface area (Å²) in [6.45, 7) is 1.97. The van der Waals surface area contributed by atoms with Crippen LogP contribution < -0.4 is 0 Å². The van der Waals surface area contributed by atoms with E-state index < -0.39 is 12.1 Å². The van der Waals surface area contributed by atoms with Gasteiger partial charge in [-0.3, -0.25) is 14.5 Å². The summed E-state index contributed by atoms with van der Waals surface area (Å²) in [5.74, 6) is -2.09. The minimum Gasteiger partial charge on any atom is -0.475 e. The summed E-state index contributed by atoms with van der Waals surface area (Å²) in [6.07, 6.45) is 1.83. The first-order chi connectivity index (χ1) is 14.7. The van der Waals surface area contributed by atoms with Crippen molar-refractivity contribution in [1.29, 1.82) is 0 Å². The Morgan fingerprint density at radius 1 is 1.26 bits per heavy atom. The number of hydrogen-bond acceptors (Lipinski definition) is 5. The summed E-state index contributed by atoms with van der Waals surface area (Å²) in [5.41, 5.74) is 2.78. The maximum atomic E-state index is 12.9. The highest BCUT2D eigenvalue weighted by atomic mass is 19.4. The van der Waals surface area contributed by atoms with E-state index in [-0.39, 0.29) is 11.9 Å². The largest absolute Gasteiger partial charge is 0.490 e. The zero-order valence-corrected chi connectivity index (χ0v) is 16.9. The first-order valence-corrected chi connectivity index (χ1v) is 9.79. The monoisotopic (exact) mass is 440 g/mol. The number of nitrogens with zero attached hydrogens (tertiary/aromatic N) is 4. The number of rotatable bonds is 5. The summed E-state index contributed by atoms with van der Waals surface area (Å²) >= 11 is 0. The smallest absolute Gasteiger partial charge is 0.475 e. The molecule has 0 aromatic carbocycles. The van der Waals surface area contributed by atoms with Crippen molar-refractivity contribution in [2.45, 2.75) is 31.5 Å². The van der Waals surface area contributed by atoms with Crippen LogP contribution in [0.5, 0.6) is 0 Å². The van der Waals surface area contributed by atoms with Gasteiger partial charge < -0.3 is 14.7 Å². The van der Waals surface area contributed by atoms with Crippen LogP contribution in [0.1, 0.15) is 40.6 Å². The fraction of sp³-hybridized carbons (Fsp3) is 0.500. The topological polar surface area (TPSA) is 97.5 Å². The molecule has 31 heavy (non-hydrogen) atoms. The number of carbonyl (C=O) groups excluding carboxylic acids is 1. The molecule has 1 unspecified atom stereocenters. The lowest BCUT2D eigenvalue weighted by atomic mass is 9.99. The van der Waals surface area contributed by atoms with Gasteiger partial charge in [0.2, 0.25) is 0 Å². The van der Waals surface area contributed by atoms with Gasteiger partial charge in [-0.1, -0.05) is 6.07 Å². The molecule has 1 saturated carbocycles. The molecule has 0 radical (unpaired) electrons. The van der Waals surface area contributed by atoms with Gasteiger partial charge in [-0.15, -0.1) is 0 Å². The second kappa shape index (κ2) is 9.46. The molecule has 0 spiro atoms. The highest BCUT2D eigenvalue weighted by Gasteiger charge is 2.38. The van der Waals surface area contributed by atoms with Gasteiger partial charge in [-0.05, 0) is 42.9 Å². The Labute approximate surface area is 176 Å². The van der Waals surface area contributed by atoms with Crippen LogP contribution in [0, 0.1) is 5.92 Å². The van der Waals surface area contributed by atoms with E-state index >= 15 is 0 Å². The highest BCUT2D eigenvalue weighted by Crippen LogP contribution is 2.33. The standard InChI is InChI=1S/C18H22N4O2.C2HF3O2/c1-21-17-14(10-20-21)7-9-22(16(17)12-24-11-13-5-6-13)18(23)15-4-2-3-8-19-15;3-2(4,5)1(6)7/h2-4,8,10,13,16H,5-7,9,11-12H2,1H3;(H,6,7). The second-order valence-electron chi connectivity index (χ2n) is 7.44. The maximum absolute atomic E-state index is 12.9. The molecule has 8 nitrogen and oxygen atoms in total. The van der Waals surface area contributed by atoms with Crippen LogP contribution >= 0.6 is 0 Å². The van der Waals surface area contributed by atoms with Gasteiger partial charge >= 0.3 is 12.1 Å². The predicted octanol–water partition coefficient (Wildman–Crippen LogP) is 2.61. The van der Waals surface area contributed by atoms with Crippen LogP contribution in [0.4, 0.5) is 13.2 Å². The summed E-state index contributed by atoms with van der Waals surface area (Å²) in [7, 11) is 1.93. The molecule has 1 fully saturated rings. The second-order valence-corrected chi connectivity index (χ2v) is 7.44. The molecule has 11 heteroatoms. The fourth-order valence-electron chi connectivity index (χ4n) is 3.34. The quantitative estimate of drug-likeness (QED) is 0.768. The first-order valence-electron chi connectivity index (χ1n) is 9.79. The number of carbonyl (C=O) groups is 2. The fourth-order valence-corrected chi connectivity index (χ4v) is 3.34. The minimum absolute atomic E-state index is 0.0394. The van der Waals surface area contributed by atoms with Crippen LogP contribution in [0.15, 0.2) is 30.6 Å². The summed E-state index contributed by atoms with van der Waals surface area (Å²) in [6, 6.07) is 5.33. The number of hydrogen-bond donors (Lipinski definition) is 1. The number of alkyl halides is 3. The average molecular weight is 440 g/mol. The Morgan fingerprint density at radius 2 is 1.97 bits per heavy atom. The van der Waals surface area contributed by atoms with E-state index in [1.165, 1.54) is 18.4 Å². The average Bonchev–Trinajstić information content (AvgIpc) is 3.49. The Kier molecular flexibility index (Phi) is 6.94. The molecular weight excluding hydrogens is 417 g/mol. The lowest BCUT2D eigenvalue weighted by molar-refractivity contribution is -0.192. The van der Waals surface area contributed by atoms with Crippen LogP contribution in [0.2, 0.25) is 0 Å². The van der Waals surface area contributed by atoms with Crippen molar-refractivity contribution in [3.05, 3.63) is 47.5 Å². The van der Waals surface area contributed by atoms with E-state index in [2.05, 4.69) is 10.1 Å². The lowest BCUT2D eigenvalue weighted by Gasteiger charge is -2.35. The number of aryl methyl sites for hydroxylation is 1. The number of carboxylic acids is 1. The highest BCUT2D eigenvalue weighted by molar-refractivity contribution is 5.92. The van der Waals surface area contributed by atoms with Gasteiger partial charge in [0, 0.05) is 26.4 Å². The molecule has 4 rings (SSSR count). The van der Waals surface area contributed by atoms with Gasteiger partial charge in [-0.2, -0.15) is 18.3 Å². The molecular formula is C20H23F3N4O4. The minimum atomic E-state index is -5.08. The van der Waals surface area contributed by atoms with E-state index in [9.17, 15) is 18.0 Å². The van der Waals surface area contributed by atoms with Crippen molar-refractivity contribution in [2.75, 3.05) is 19.8 Å². The molecule has 1 N–H and O–H groups in total. The van der Waals surface area contributed by atoms with E-state index in [1.54, 1.807) is 12.3 Å². The van der Waals surface area contributed by atoms with Gasteiger partial charge in [0.1, 0.15) is 5.69 Å². The van der Waals surface area contributed by atoms with E-state index in [4.69, 9.17) is 14.6 Å². The van der Waals surface area contributed by atoms with Crippen molar-refractivity contribution < 1.29 is 32.6 Å². The Hall–Kier alpha value is -2.95. The number of ether oxygens (including phenoxy) is 1. The third-order valence-corrected chi connectivity index (χ3v) is 5.09. The summed E-state index contributed by atoms with van der Waals surface area (Å²) in [5, 5.41) is 11.5. The van der Waals surface area contributed by atoms with Crippen LogP contribution in [-0.2, 0) is 23.0 Å².